The standard InChI is InChI=1S/C17H18BNO3/c1-16(2)17(3,4)22-18(21-16)11-9-13-12-7-5-6-8-14(12)20-15(13)19-10-11/h5-10H,1-4H3. The van der Waals surface area contributed by atoms with Gasteiger partial charge >= 0.3 is 7.12 Å². The molecule has 1 saturated heterocycles. The topological polar surface area (TPSA) is 44.5 Å². The predicted molar refractivity (Wildman–Crippen MR) is 87.2 cm³/mol. The molecule has 3 heterocycles. The molecule has 0 radical (unpaired) electrons. The molecule has 22 heavy (non-hydrogen) atoms. The summed E-state index contributed by atoms with van der Waals surface area (Å²) in [5, 5.41) is 2.05. The number of pyridine rings is 1. The molecule has 0 aliphatic carbocycles. The van der Waals surface area contributed by atoms with Crippen LogP contribution < -0.4 is 5.46 Å². The molecule has 2 aromatic heterocycles. The van der Waals surface area contributed by atoms with E-state index in [1.807, 2.05) is 52.0 Å². The van der Waals surface area contributed by atoms with Crippen LogP contribution in [0.4, 0.5) is 0 Å². The first-order valence-electron chi connectivity index (χ1n) is 7.50. The van der Waals surface area contributed by atoms with E-state index in [4.69, 9.17) is 13.7 Å². The second-order valence-electron chi connectivity index (χ2n) is 6.81. The van der Waals surface area contributed by atoms with E-state index < -0.39 is 7.12 Å². The summed E-state index contributed by atoms with van der Waals surface area (Å²) in [6, 6.07) is 10.00. The van der Waals surface area contributed by atoms with E-state index >= 15 is 0 Å². The minimum Gasteiger partial charge on any atom is -0.438 e. The van der Waals surface area contributed by atoms with Crippen LogP contribution in [-0.4, -0.2) is 23.3 Å². The molecule has 1 aliphatic heterocycles. The monoisotopic (exact) mass is 295 g/mol. The van der Waals surface area contributed by atoms with Crippen molar-refractivity contribution in [1.29, 1.82) is 0 Å². The molecule has 5 heteroatoms. The molecule has 1 aromatic carbocycles. The summed E-state index contributed by atoms with van der Waals surface area (Å²) in [6.07, 6.45) is 1.77. The molecule has 0 unspecified atom stereocenters. The van der Waals surface area contributed by atoms with E-state index in [-0.39, 0.29) is 11.2 Å². The number of fused-ring (bicyclic) bond motifs is 3. The quantitative estimate of drug-likeness (QED) is 0.646. The summed E-state index contributed by atoms with van der Waals surface area (Å²) in [7, 11) is -0.407. The van der Waals surface area contributed by atoms with Crippen molar-refractivity contribution in [3.63, 3.8) is 0 Å². The number of hydrogen-bond acceptors (Lipinski definition) is 4. The van der Waals surface area contributed by atoms with E-state index in [2.05, 4.69) is 11.1 Å². The van der Waals surface area contributed by atoms with Crippen molar-refractivity contribution in [1.82, 2.24) is 4.98 Å². The summed E-state index contributed by atoms with van der Waals surface area (Å²) in [6.45, 7) is 8.19. The lowest BCUT2D eigenvalue weighted by atomic mass is 9.80. The average molecular weight is 295 g/mol. The van der Waals surface area contributed by atoms with Gasteiger partial charge in [0.25, 0.3) is 0 Å². The Balaban J connectivity index is 1.82. The molecule has 0 amide bonds. The number of aromatic nitrogens is 1. The van der Waals surface area contributed by atoms with E-state index in [9.17, 15) is 0 Å². The highest BCUT2D eigenvalue weighted by molar-refractivity contribution is 6.62. The third kappa shape index (κ3) is 1.89. The zero-order valence-corrected chi connectivity index (χ0v) is 13.2. The molecular weight excluding hydrogens is 277 g/mol. The highest BCUT2D eigenvalue weighted by Gasteiger charge is 2.51. The predicted octanol–water partition coefficient (Wildman–Crippen LogP) is 3.28. The summed E-state index contributed by atoms with van der Waals surface area (Å²) in [5.74, 6) is 0. The van der Waals surface area contributed by atoms with Crippen molar-refractivity contribution >= 4 is 34.7 Å². The van der Waals surface area contributed by atoms with Crippen molar-refractivity contribution in [3.05, 3.63) is 36.5 Å². The van der Waals surface area contributed by atoms with Crippen molar-refractivity contribution in [3.8, 4) is 0 Å². The SMILES string of the molecule is CC1(C)OB(c2cnc3oc4ccccc4c3c2)OC1(C)C. The zero-order chi connectivity index (χ0) is 15.5. The number of para-hydroxylation sites is 1. The fraction of sp³-hybridized carbons (Fsp3) is 0.353. The Hall–Kier alpha value is -1.85. The molecule has 3 aromatic rings. The Morgan fingerprint density at radius 1 is 0.955 bits per heavy atom. The van der Waals surface area contributed by atoms with Crippen LogP contribution in [-0.2, 0) is 9.31 Å². The van der Waals surface area contributed by atoms with E-state index in [1.165, 1.54) is 0 Å². The Morgan fingerprint density at radius 3 is 2.36 bits per heavy atom. The van der Waals surface area contributed by atoms with Crippen molar-refractivity contribution in [2.75, 3.05) is 0 Å². The molecule has 0 N–H and O–H groups in total. The zero-order valence-electron chi connectivity index (χ0n) is 13.2. The number of rotatable bonds is 1. The van der Waals surface area contributed by atoms with Crippen LogP contribution in [0.25, 0.3) is 22.1 Å². The lowest BCUT2D eigenvalue weighted by molar-refractivity contribution is 0.00578. The highest BCUT2D eigenvalue weighted by atomic mass is 16.7. The average Bonchev–Trinajstić information content (AvgIpc) is 2.93. The normalized spacial score (nSPS) is 20.1. The van der Waals surface area contributed by atoms with Crippen molar-refractivity contribution in [2.24, 2.45) is 0 Å². The Bertz CT molecular complexity index is 853. The maximum atomic E-state index is 6.09. The number of furan rings is 1. The second-order valence-corrected chi connectivity index (χ2v) is 6.81. The van der Waals surface area contributed by atoms with Gasteiger partial charge in [-0.3, -0.25) is 0 Å². The second kappa shape index (κ2) is 4.34. The summed E-state index contributed by atoms with van der Waals surface area (Å²) >= 11 is 0. The first-order valence-corrected chi connectivity index (χ1v) is 7.50. The summed E-state index contributed by atoms with van der Waals surface area (Å²) in [5.41, 5.74) is 1.69. The molecular formula is C17H18BNO3. The van der Waals surface area contributed by atoms with Gasteiger partial charge < -0.3 is 13.7 Å². The third-order valence-corrected chi connectivity index (χ3v) is 4.78. The van der Waals surface area contributed by atoms with Crippen molar-refractivity contribution in [2.45, 2.75) is 38.9 Å². The molecule has 1 aliphatic rings. The van der Waals surface area contributed by atoms with Crippen LogP contribution in [0.1, 0.15) is 27.7 Å². The van der Waals surface area contributed by atoms with Gasteiger partial charge in [0.05, 0.1) is 11.2 Å². The van der Waals surface area contributed by atoms with E-state index in [1.54, 1.807) is 6.20 Å². The Morgan fingerprint density at radius 2 is 1.64 bits per heavy atom. The van der Waals surface area contributed by atoms with Crippen LogP contribution in [0, 0.1) is 0 Å². The Kier molecular flexibility index (Phi) is 2.72. The van der Waals surface area contributed by atoms with Crippen LogP contribution >= 0.6 is 0 Å². The van der Waals surface area contributed by atoms with Gasteiger partial charge in [0.15, 0.2) is 0 Å². The maximum Gasteiger partial charge on any atom is 0.496 e. The van der Waals surface area contributed by atoms with Gasteiger partial charge in [-0.2, -0.15) is 0 Å². The van der Waals surface area contributed by atoms with E-state index in [0.29, 0.717) is 5.71 Å². The smallest absolute Gasteiger partial charge is 0.438 e. The molecule has 0 bridgehead atoms. The van der Waals surface area contributed by atoms with Gasteiger partial charge in [-0.25, -0.2) is 4.98 Å². The van der Waals surface area contributed by atoms with Crippen LogP contribution in [0.5, 0.6) is 0 Å². The van der Waals surface area contributed by atoms with Gasteiger partial charge in [0, 0.05) is 22.4 Å². The van der Waals surface area contributed by atoms with Crippen LogP contribution in [0.3, 0.4) is 0 Å². The molecule has 112 valence electrons. The largest absolute Gasteiger partial charge is 0.496 e. The number of benzene rings is 1. The fourth-order valence-electron chi connectivity index (χ4n) is 2.73. The third-order valence-electron chi connectivity index (χ3n) is 4.78. The van der Waals surface area contributed by atoms with Gasteiger partial charge in [-0.15, -0.1) is 0 Å². The van der Waals surface area contributed by atoms with Gasteiger partial charge in [-0.1, -0.05) is 18.2 Å². The van der Waals surface area contributed by atoms with Crippen LogP contribution in [0.15, 0.2) is 40.9 Å². The molecule has 0 spiro atoms. The minimum absolute atomic E-state index is 0.356. The lowest BCUT2D eigenvalue weighted by Crippen LogP contribution is -2.41. The number of nitrogens with zero attached hydrogens (tertiary/aromatic N) is 1. The van der Waals surface area contributed by atoms with Crippen LogP contribution in [0.2, 0.25) is 0 Å². The Labute approximate surface area is 129 Å². The molecule has 1 fully saturated rings. The van der Waals surface area contributed by atoms with Gasteiger partial charge in [0.1, 0.15) is 5.58 Å². The molecule has 4 rings (SSSR count). The fourth-order valence-corrected chi connectivity index (χ4v) is 2.73. The maximum absolute atomic E-state index is 6.09. The molecule has 0 atom stereocenters. The van der Waals surface area contributed by atoms with E-state index in [0.717, 1.165) is 21.8 Å². The summed E-state index contributed by atoms with van der Waals surface area (Å²) in [4.78, 5) is 4.43. The minimum atomic E-state index is -0.407. The van der Waals surface area contributed by atoms with Crippen molar-refractivity contribution < 1.29 is 13.7 Å². The first-order chi connectivity index (χ1) is 10.4. The lowest BCUT2D eigenvalue weighted by Gasteiger charge is -2.32. The summed E-state index contributed by atoms with van der Waals surface area (Å²) < 4.78 is 17.9. The highest BCUT2D eigenvalue weighted by Crippen LogP contribution is 2.36. The number of hydrogen-bond donors (Lipinski definition) is 0. The molecule has 4 nitrogen and oxygen atoms in total. The molecule has 0 saturated carbocycles. The first kappa shape index (κ1) is 13.8. The van der Waals surface area contributed by atoms with Gasteiger partial charge in [0.2, 0.25) is 5.71 Å². The van der Waals surface area contributed by atoms with Gasteiger partial charge in [-0.05, 0) is 39.8 Å².